The Morgan fingerprint density at radius 3 is 2.43 bits per heavy atom. The summed E-state index contributed by atoms with van der Waals surface area (Å²) in [5.74, 6) is -0.173. The van der Waals surface area contributed by atoms with Gasteiger partial charge in [0.15, 0.2) is 0 Å². The quantitative estimate of drug-likeness (QED) is 0.405. The number of para-hydroxylation sites is 1. The Bertz CT molecular complexity index is 1410. The minimum absolute atomic E-state index is 0.0336. The lowest BCUT2D eigenvalue weighted by atomic mass is 10.1. The molecule has 6 nitrogen and oxygen atoms in total. The lowest BCUT2D eigenvalue weighted by molar-refractivity contribution is -0.115. The summed E-state index contributed by atoms with van der Waals surface area (Å²) >= 11 is 6.00. The summed E-state index contributed by atoms with van der Waals surface area (Å²) in [5, 5.41) is 8.20. The Hall–Kier alpha value is -3.90. The van der Waals surface area contributed by atoms with Gasteiger partial charge in [0.05, 0.1) is 17.8 Å². The van der Waals surface area contributed by atoms with E-state index >= 15 is 0 Å². The van der Waals surface area contributed by atoms with E-state index in [2.05, 4.69) is 16.5 Å². The molecule has 0 spiro atoms. The summed E-state index contributed by atoms with van der Waals surface area (Å²) in [6.45, 7) is 4.53. The Labute approximate surface area is 209 Å². The first-order valence-corrected chi connectivity index (χ1v) is 11.9. The van der Waals surface area contributed by atoms with Crippen molar-refractivity contribution in [2.45, 2.75) is 26.7 Å². The van der Waals surface area contributed by atoms with Gasteiger partial charge in [-0.1, -0.05) is 29.8 Å². The second-order valence-corrected chi connectivity index (χ2v) is 9.11. The SMILES string of the molecule is Cc1nn(-c2ccc(Cl)cc2)c(C)c1CC(=O)Nc1ccc(C(=O)N2CCc3ccccc32)cc1. The van der Waals surface area contributed by atoms with Crippen LogP contribution in [-0.2, 0) is 17.6 Å². The van der Waals surface area contributed by atoms with Crippen molar-refractivity contribution in [3.05, 3.63) is 106 Å². The van der Waals surface area contributed by atoms with Gasteiger partial charge in [0.1, 0.15) is 0 Å². The maximum absolute atomic E-state index is 13.0. The van der Waals surface area contributed by atoms with Crippen LogP contribution in [0.5, 0.6) is 0 Å². The molecule has 3 aromatic carbocycles. The van der Waals surface area contributed by atoms with E-state index in [-0.39, 0.29) is 18.2 Å². The van der Waals surface area contributed by atoms with Gasteiger partial charge in [-0.3, -0.25) is 9.59 Å². The van der Waals surface area contributed by atoms with Crippen molar-refractivity contribution in [1.29, 1.82) is 0 Å². The van der Waals surface area contributed by atoms with Crippen LogP contribution in [0.3, 0.4) is 0 Å². The Balaban J connectivity index is 1.26. The zero-order chi connectivity index (χ0) is 24.5. The summed E-state index contributed by atoms with van der Waals surface area (Å²) in [4.78, 5) is 27.6. The van der Waals surface area contributed by atoms with Crippen LogP contribution in [0.2, 0.25) is 5.02 Å². The fourth-order valence-corrected chi connectivity index (χ4v) is 4.66. The fraction of sp³-hybridized carbons (Fsp3) is 0.179. The number of anilines is 2. The average molecular weight is 485 g/mol. The van der Waals surface area contributed by atoms with Crippen molar-refractivity contribution in [2.24, 2.45) is 0 Å². The summed E-state index contributed by atoms with van der Waals surface area (Å²) in [6, 6.07) is 22.5. The highest BCUT2D eigenvalue weighted by Gasteiger charge is 2.25. The van der Waals surface area contributed by atoms with Crippen LogP contribution in [0.25, 0.3) is 5.69 Å². The molecular formula is C28H25ClN4O2. The molecule has 0 atom stereocenters. The first kappa shape index (κ1) is 22.9. The summed E-state index contributed by atoms with van der Waals surface area (Å²) < 4.78 is 1.82. The van der Waals surface area contributed by atoms with Gasteiger partial charge >= 0.3 is 0 Å². The number of aromatic nitrogens is 2. The third kappa shape index (κ3) is 4.57. The Morgan fingerprint density at radius 2 is 1.69 bits per heavy atom. The molecule has 176 valence electrons. The molecular weight excluding hydrogens is 460 g/mol. The first-order chi connectivity index (χ1) is 16.9. The van der Waals surface area contributed by atoms with Gasteiger partial charge in [-0.05, 0) is 80.4 Å². The van der Waals surface area contributed by atoms with Crippen LogP contribution >= 0.6 is 11.6 Å². The highest BCUT2D eigenvalue weighted by molar-refractivity contribution is 6.30. The molecule has 1 aliphatic rings. The van der Waals surface area contributed by atoms with Crippen molar-refractivity contribution in [2.75, 3.05) is 16.8 Å². The number of carbonyl (C=O) groups excluding carboxylic acids is 2. The topological polar surface area (TPSA) is 67.2 Å². The van der Waals surface area contributed by atoms with Gasteiger partial charge < -0.3 is 10.2 Å². The normalized spacial score (nSPS) is 12.5. The van der Waals surface area contributed by atoms with Crippen molar-refractivity contribution in [1.82, 2.24) is 9.78 Å². The van der Waals surface area contributed by atoms with E-state index in [1.807, 2.05) is 65.9 Å². The molecule has 0 saturated carbocycles. The monoisotopic (exact) mass is 484 g/mol. The predicted octanol–water partition coefficient (Wildman–Crippen LogP) is 5.53. The van der Waals surface area contributed by atoms with E-state index in [0.29, 0.717) is 22.8 Å². The molecule has 35 heavy (non-hydrogen) atoms. The van der Waals surface area contributed by atoms with Crippen LogP contribution < -0.4 is 10.2 Å². The number of fused-ring (bicyclic) bond motifs is 1. The standard InChI is InChI=1S/C28H25ClN4O2/c1-18-25(19(2)33(31-18)24-13-9-22(29)10-14-24)17-27(34)30-23-11-7-21(8-12-23)28(35)32-16-15-20-5-3-4-6-26(20)32/h3-14H,15-17H2,1-2H3,(H,30,34). The van der Waals surface area contributed by atoms with Crippen LogP contribution in [0.15, 0.2) is 72.8 Å². The Morgan fingerprint density at radius 1 is 0.971 bits per heavy atom. The number of nitrogens with one attached hydrogen (secondary N) is 1. The van der Waals surface area contributed by atoms with E-state index in [1.54, 1.807) is 24.3 Å². The van der Waals surface area contributed by atoms with Crippen molar-refractivity contribution in [3.63, 3.8) is 0 Å². The summed E-state index contributed by atoms with van der Waals surface area (Å²) in [5.41, 5.74) is 6.89. The third-order valence-corrected chi connectivity index (χ3v) is 6.65. The molecule has 0 radical (unpaired) electrons. The second-order valence-electron chi connectivity index (χ2n) is 8.68. The van der Waals surface area contributed by atoms with Gasteiger partial charge in [-0.25, -0.2) is 4.68 Å². The van der Waals surface area contributed by atoms with E-state index in [4.69, 9.17) is 11.6 Å². The molecule has 0 aliphatic carbocycles. The maximum Gasteiger partial charge on any atom is 0.258 e. The van der Waals surface area contributed by atoms with Gasteiger partial charge in [-0.2, -0.15) is 5.10 Å². The van der Waals surface area contributed by atoms with Gasteiger partial charge in [-0.15, -0.1) is 0 Å². The molecule has 0 fully saturated rings. The van der Waals surface area contributed by atoms with Crippen LogP contribution in [-0.4, -0.2) is 28.1 Å². The number of halogens is 1. The van der Waals surface area contributed by atoms with Crippen molar-refractivity contribution < 1.29 is 9.59 Å². The molecule has 0 unspecified atom stereocenters. The predicted molar refractivity (Wildman–Crippen MR) is 139 cm³/mol. The number of nitrogens with zero attached hydrogens (tertiary/aromatic N) is 3. The van der Waals surface area contributed by atoms with E-state index in [9.17, 15) is 9.59 Å². The van der Waals surface area contributed by atoms with Crippen LogP contribution in [0.4, 0.5) is 11.4 Å². The number of hydrogen-bond acceptors (Lipinski definition) is 3. The fourth-order valence-electron chi connectivity index (χ4n) is 4.53. The molecule has 2 amide bonds. The third-order valence-electron chi connectivity index (χ3n) is 6.40. The smallest absolute Gasteiger partial charge is 0.258 e. The molecule has 1 aliphatic heterocycles. The van der Waals surface area contributed by atoms with Crippen LogP contribution in [0, 0.1) is 13.8 Å². The number of benzene rings is 3. The minimum atomic E-state index is -0.139. The van der Waals surface area contributed by atoms with Crippen LogP contribution in [0.1, 0.15) is 32.9 Å². The molecule has 1 aromatic heterocycles. The zero-order valence-electron chi connectivity index (χ0n) is 19.6. The number of carbonyl (C=O) groups is 2. The number of amides is 2. The molecule has 2 heterocycles. The molecule has 4 aromatic rings. The molecule has 7 heteroatoms. The summed E-state index contributed by atoms with van der Waals surface area (Å²) in [6.07, 6.45) is 1.07. The second kappa shape index (κ2) is 9.39. The lowest BCUT2D eigenvalue weighted by Gasteiger charge is -2.17. The largest absolute Gasteiger partial charge is 0.326 e. The highest BCUT2D eigenvalue weighted by atomic mass is 35.5. The lowest BCUT2D eigenvalue weighted by Crippen LogP contribution is -2.28. The number of hydrogen-bond donors (Lipinski definition) is 1. The Kier molecular flexibility index (Phi) is 6.14. The van der Waals surface area contributed by atoms with E-state index < -0.39 is 0 Å². The van der Waals surface area contributed by atoms with Gasteiger partial charge in [0.2, 0.25) is 5.91 Å². The van der Waals surface area contributed by atoms with Gasteiger partial charge in [0.25, 0.3) is 5.91 Å². The molecule has 5 rings (SSSR count). The van der Waals surface area contributed by atoms with Gasteiger partial charge in [0, 0.05) is 39.8 Å². The van der Waals surface area contributed by atoms with E-state index in [0.717, 1.165) is 34.7 Å². The maximum atomic E-state index is 13.0. The highest BCUT2D eigenvalue weighted by Crippen LogP contribution is 2.29. The summed E-state index contributed by atoms with van der Waals surface area (Å²) in [7, 11) is 0. The number of rotatable bonds is 5. The molecule has 0 bridgehead atoms. The zero-order valence-corrected chi connectivity index (χ0v) is 20.3. The first-order valence-electron chi connectivity index (χ1n) is 11.5. The van der Waals surface area contributed by atoms with Crippen molar-refractivity contribution in [3.8, 4) is 5.69 Å². The molecule has 0 saturated heterocycles. The number of aryl methyl sites for hydroxylation is 1. The molecule has 1 N–H and O–H groups in total. The average Bonchev–Trinajstić information content (AvgIpc) is 3.41. The van der Waals surface area contributed by atoms with E-state index in [1.165, 1.54) is 5.56 Å². The minimum Gasteiger partial charge on any atom is -0.326 e. The van der Waals surface area contributed by atoms with Crippen molar-refractivity contribution >= 4 is 34.8 Å².